The summed E-state index contributed by atoms with van der Waals surface area (Å²) in [7, 11) is 3.92. The molecule has 1 aromatic heterocycles. The van der Waals surface area contributed by atoms with Crippen LogP contribution in [0.4, 0.5) is 0 Å². The van der Waals surface area contributed by atoms with Crippen molar-refractivity contribution in [3.05, 3.63) is 51.5 Å². The molecule has 1 fully saturated rings. The van der Waals surface area contributed by atoms with Gasteiger partial charge in [-0.1, -0.05) is 38.1 Å². The molecular formula is C20H28N4S. The Balaban J connectivity index is 1.56. The Morgan fingerprint density at radius 3 is 2.64 bits per heavy atom. The molecule has 0 saturated heterocycles. The molecule has 0 aliphatic heterocycles. The number of hydrogen-bond donors (Lipinski definition) is 1. The van der Waals surface area contributed by atoms with Gasteiger partial charge in [-0.05, 0) is 30.4 Å². The molecule has 0 amide bonds. The van der Waals surface area contributed by atoms with Crippen LogP contribution in [0.1, 0.15) is 53.9 Å². The molecular weight excluding hydrogens is 328 g/mol. The molecule has 134 valence electrons. The van der Waals surface area contributed by atoms with Crippen molar-refractivity contribution < 1.29 is 0 Å². The van der Waals surface area contributed by atoms with Gasteiger partial charge in [0.2, 0.25) is 0 Å². The maximum Gasteiger partial charge on any atom is 0.193 e. The molecule has 2 unspecified atom stereocenters. The van der Waals surface area contributed by atoms with E-state index < -0.39 is 0 Å². The standard InChI is InChI=1S/C20H28N4S/c1-13(2)15-6-8-16(9-7-15)18-10-19(18)23-20(21-4)24(5)11-17-12-25-14(3)22-17/h6-9,12-13,18-19H,10-11H2,1-5H3,(H,21,23). The summed E-state index contributed by atoms with van der Waals surface area (Å²) in [6.07, 6.45) is 1.17. The summed E-state index contributed by atoms with van der Waals surface area (Å²) in [5.74, 6) is 2.12. The van der Waals surface area contributed by atoms with Crippen LogP contribution in [0.2, 0.25) is 0 Å². The first-order valence-corrected chi connectivity index (χ1v) is 9.81. The van der Waals surface area contributed by atoms with E-state index in [-0.39, 0.29) is 0 Å². The molecule has 1 saturated carbocycles. The zero-order chi connectivity index (χ0) is 18.0. The fraction of sp³-hybridized carbons (Fsp3) is 0.500. The van der Waals surface area contributed by atoms with Gasteiger partial charge in [0.15, 0.2) is 5.96 Å². The molecule has 2 atom stereocenters. The number of hydrogen-bond acceptors (Lipinski definition) is 3. The highest BCUT2D eigenvalue weighted by Gasteiger charge is 2.39. The number of benzene rings is 1. The molecule has 0 spiro atoms. The lowest BCUT2D eigenvalue weighted by Gasteiger charge is -2.21. The maximum absolute atomic E-state index is 4.54. The third-order valence-corrected chi connectivity index (χ3v) is 5.60. The average Bonchev–Trinajstić information content (AvgIpc) is 3.25. The maximum atomic E-state index is 4.54. The highest BCUT2D eigenvalue weighted by Crippen LogP contribution is 2.41. The number of aromatic nitrogens is 1. The quantitative estimate of drug-likeness (QED) is 0.647. The molecule has 1 heterocycles. The monoisotopic (exact) mass is 356 g/mol. The minimum atomic E-state index is 0.475. The Morgan fingerprint density at radius 1 is 1.36 bits per heavy atom. The molecule has 3 rings (SSSR count). The third kappa shape index (κ3) is 4.40. The largest absolute Gasteiger partial charge is 0.353 e. The Labute approximate surface area is 155 Å². The van der Waals surface area contributed by atoms with E-state index in [9.17, 15) is 0 Å². The van der Waals surface area contributed by atoms with E-state index in [1.807, 2.05) is 14.0 Å². The van der Waals surface area contributed by atoms with Gasteiger partial charge in [0.25, 0.3) is 0 Å². The van der Waals surface area contributed by atoms with Crippen LogP contribution in [0.5, 0.6) is 0 Å². The van der Waals surface area contributed by atoms with Gasteiger partial charge >= 0.3 is 0 Å². The molecule has 1 N–H and O–H groups in total. The van der Waals surface area contributed by atoms with Gasteiger partial charge in [-0.2, -0.15) is 0 Å². The second kappa shape index (κ2) is 7.56. The first-order valence-electron chi connectivity index (χ1n) is 8.93. The SMILES string of the molecule is CN=C(NC1CC1c1ccc(C(C)C)cc1)N(C)Cc1csc(C)n1. The number of rotatable bonds is 5. The van der Waals surface area contributed by atoms with Crippen molar-refractivity contribution in [2.75, 3.05) is 14.1 Å². The van der Waals surface area contributed by atoms with E-state index in [4.69, 9.17) is 0 Å². The number of aliphatic imine (C=N–C) groups is 1. The van der Waals surface area contributed by atoms with Crippen LogP contribution in [-0.2, 0) is 6.54 Å². The highest BCUT2D eigenvalue weighted by molar-refractivity contribution is 7.09. The second-order valence-electron chi connectivity index (χ2n) is 7.18. The van der Waals surface area contributed by atoms with Crippen molar-refractivity contribution in [1.29, 1.82) is 0 Å². The van der Waals surface area contributed by atoms with Crippen molar-refractivity contribution >= 4 is 17.3 Å². The zero-order valence-corrected chi connectivity index (χ0v) is 16.6. The Morgan fingerprint density at radius 2 is 2.08 bits per heavy atom. The summed E-state index contributed by atoms with van der Waals surface area (Å²) in [5, 5.41) is 6.83. The predicted molar refractivity (Wildman–Crippen MR) is 106 cm³/mol. The number of guanidine groups is 1. The molecule has 1 aromatic carbocycles. The first-order chi connectivity index (χ1) is 12.0. The molecule has 4 nitrogen and oxygen atoms in total. The molecule has 1 aliphatic carbocycles. The predicted octanol–water partition coefficient (Wildman–Crippen LogP) is 4.14. The van der Waals surface area contributed by atoms with Gasteiger partial charge in [0.1, 0.15) is 0 Å². The second-order valence-corrected chi connectivity index (χ2v) is 8.24. The molecule has 0 bridgehead atoms. The Hall–Kier alpha value is -1.88. The molecule has 1 aliphatic rings. The van der Waals surface area contributed by atoms with Gasteiger partial charge < -0.3 is 10.2 Å². The molecule has 5 heteroatoms. The Bertz CT molecular complexity index is 732. The molecule has 25 heavy (non-hydrogen) atoms. The van der Waals surface area contributed by atoms with E-state index in [0.717, 1.165) is 23.2 Å². The minimum absolute atomic E-state index is 0.475. The summed E-state index contributed by atoms with van der Waals surface area (Å²) in [5.41, 5.74) is 3.93. The van der Waals surface area contributed by atoms with Crippen molar-refractivity contribution in [1.82, 2.24) is 15.2 Å². The third-order valence-electron chi connectivity index (χ3n) is 4.78. The van der Waals surface area contributed by atoms with Gasteiger partial charge in [-0.3, -0.25) is 4.99 Å². The van der Waals surface area contributed by atoms with Crippen LogP contribution in [0.15, 0.2) is 34.6 Å². The van der Waals surface area contributed by atoms with Crippen LogP contribution in [0.3, 0.4) is 0 Å². The number of aryl methyl sites for hydroxylation is 1. The molecule has 2 aromatic rings. The van der Waals surface area contributed by atoms with Crippen molar-refractivity contribution in [2.24, 2.45) is 4.99 Å². The fourth-order valence-electron chi connectivity index (χ4n) is 3.16. The van der Waals surface area contributed by atoms with E-state index in [0.29, 0.717) is 17.9 Å². The van der Waals surface area contributed by atoms with Crippen molar-refractivity contribution in [3.63, 3.8) is 0 Å². The van der Waals surface area contributed by atoms with Crippen LogP contribution in [0.25, 0.3) is 0 Å². The van der Waals surface area contributed by atoms with E-state index in [1.54, 1.807) is 11.3 Å². The van der Waals surface area contributed by atoms with Crippen molar-refractivity contribution in [2.45, 2.75) is 51.6 Å². The highest BCUT2D eigenvalue weighted by atomic mass is 32.1. The van der Waals surface area contributed by atoms with Gasteiger partial charge in [0, 0.05) is 31.4 Å². The topological polar surface area (TPSA) is 40.5 Å². The normalized spacial score (nSPS) is 20.0. The minimum Gasteiger partial charge on any atom is -0.353 e. The summed E-state index contributed by atoms with van der Waals surface area (Å²) >= 11 is 1.69. The van der Waals surface area contributed by atoms with E-state index in [2.05, 4.69) is 70.7 Å². The lowest BCUT2D eigenvalue weighted by atomic mass is 10.0. The number of thiazole rings is 1. The van der Waals surface area contributed by atoms with Gasteiger partial charge in [0.05, 0.1) is 17.2 Å². The zero-order valence-electron chi connectivity index (χ0n) is 15.8. The average molecular weight is 357 g/mol. The van der Waals surface area contributed by atoms with E-state index in [1.165, 1.54) is 17.5 Å². The summed E-state index contributed by atoms with van der Waals surface area (Å²) in [4.78, 5) is 11.1. The Kier molecular flexibility index (Phi) is 5.42. The summed E-state index contributed by atoms with van der Waals surface area (Å²) < 4.78 is 0. The van der Waals surface area contributed by atoms with Crippen LogP contribution >= 0.6 is 11.3 Å². The number of nitrogens with zero attached hydrogens (tertiary/aromatic N) is 3. The summed E-state index contributed by atoms with van der Waals surface area (Å²) in [6.45, 7) is 7.30. The van der Waals surface area contributed by atoms with Crippen molar-refractivity contribution in [3.8, 4) is 0 Å². The summed E-state index contributed by atoms with van der Waals surface area (Å²) in [6, 6.07) is 9.57. The van der Waals surface area contributed by atoms with E-state index >= 15 is 0 Å². The molecule has 0 radical (unpaired) electrons. The van der Waals surface area contributed by atoms with Gasteiger partial charge in [-0.15, -0.1) is 11.3 Å². The van der Waals surface area contributed by atoms with Gasteiger partial charge in [-0.25, -0.2) is 4.98 Å². The lowest BCUT2D eigenvalue weighted by Crippen LogP contribution is -2.40. The number of nitrogens with one attached hydrogen (secondary N) is 1. The lowest BCUT2D eigenvalue weighted by molar-refractivity contribution is 0.469. The van der Waals surface area contributed by atoms with Crippen LogP contribution < -0.4 is 5.32 Å². The van der Waals surface area contributed by atoms with Crippen LogP contribution in [0, 0.1) is 6.92 Å². The fourth-order valence-corrected chi connectivity index (χ4v) is 3.76. The van der Waals surface area contributed by atoms with Crippen LogP contribution in [-0.4, -0.2) is 36.0 Å². The smallest absolute Gasteiger partial charge is 0.193 e. The first kappa shape index (κ1) is 17.9.